The van der Waals surface area contributed by atoms with E-state index in [1.54, 1.807) is 0 Å². The zero-order valence-corrected chi connectivity index (χ0v) is 19.1. The summed E-state index contributed by atoms with van der Waals surface area (Å²) in [6.45, 7) is 6.87. The lowest BCUT2D eigenvalue weighted by Gasteiger charge is -2.31. The molecule has 0 aliphatic rings. The first kappa shape index (κ1) is 29.5. The fourth-order valence-corrected chi connectivity index (χ4v) is 3.35. The highest BCUT2D eigenvalue weighted by Gasteiger charge is 2.38. The standard InChI is InChI=1S/C22H40F6O2/c1-18(2)12-11-14-19(3,4)13-9-7-6-8-10-15-20(5,29-16-21(23,24)25)30-17-22(26,27)28/h18H,6-17H2,1-5H3. The maximum atomic E-state index is 12.4. The van der Waals surface area contributed by atoms with Crippen LogP contribution in [0.5, 0.6) is 0 Å². The first-order valence-electron chi connectivity index (χ1n) is 11.0. The molecule has 0 saturated heterocycles. The monoisotopic (exact) mass is 450 g/mol. The van der Waals surface area contributed by atoms with E-state index in [9.17, 15) is 26.3 Å². The fourth-order valence-electron chi connectivity index (χ4n) is 3.35. The molecule has 0 N–H and O–H groups in total. The third kappa shape index (κ3) is 18.3. The Morgan fingerprint density at radius 1 is 0.600 bits per heavy atom. The number of unbranched alkanes of at least 4 members (excludes halogenated alkanes) is 4. The molecule has 0 radical (unpaired) electrons. The molecule has 0 spiro atoms. The van der Waals surface area contributed by atoms with Gasteiger partial charge >= 0.3 is 12.4 Å². The second-order valence-electron chi connectivity index (χ2n) is 9.66. The van der Waals surface area contributed by atoms with E-state index in [0.717, 1.165) is 32.6 Å². The molecule has 0 aromatic rings. The maximum absolute atomic E-state index is 12.4. The Morgan fingerprint density at radius 3 is 1.43 bits per heavy atom. The van der Waals surface area contributed by atoms with Gasteiger partial charge in [0.1, 0.15) is 13.2 Å². The number of hydrogen-bond acceptors (Lipinski definition) is 2. The second kappa shape index (κ2) is 13.1. The molecule has 0 heterocycles. The average Bonchev–Trinajstić information content (AvgIpc) is 2.56. The van der Waals surface area contributed by atoms with Gasteiger partial charge in [0.05, 0.1) is 0 Å². The quantitative estimate of drug-likeness (QED) is 0.133. The molecule has 8 heteroatoms. The molecule has 30 heavy (non-hydrogen) atoms. The molecule has 0 rings (SSSR count). The van der Waals surface area contributed by atoms with Gasteiger partial charge in [0.15, 0.2) is 5.79 Å². The molecule has 0 saturated carbocycles. The highest BCUT2D eigenvalue weighted by atomic mass is 19.4. The zero-order chi connectivity index (χ0) is 23.5. The predicted octanol–water partition coefficient (Wildman–Crippen LogP) is 8.44. The van der Waals surface area contributed by atoms with E-state index < -0.39 is 31.4 Å². The van der Waals surface area contributed by atoms with E-state index in [0.29, 0.717) is 24.2 Å². The molecule has 0 aromatic carbocycles. The average molecular weight is 451 g/mol. The van der Waals surface area contributed by atoms with Crippen molar-refractivity contribution in [2.24, 2.45) is 11.3 Å². The van der Waals surface area contributed by atoms with Crippen molar-refractivity contribution in [3.8, 4) is 0 Å². The molecular formula is C22H40F6O2. The van der Waals surface area contributed by atoms with Crippen LogP contribution in [0.2, 0.25) is 0 Å². The van der Waals surface area contributed by atoms with Gasteiger partial charge in [0.2, 0.25) is 0 Å². The van der Waals surface area contributed by atoms with Gasteiger partial charge in [-0.2, -0.15) is 26.3 Å². The van der Waals surface area contributed by atoms with Crippen molar-refractivity contribution in [3.05, 3.63) is 0 Å². The van der Waals surface area contributed by atoms with E-state index in [1.165, 1.54) is 19.3 Å². The van der Waals surface area contributed by atoms with Gasteiger partial charge < -0.3 is 9.47 Å². The lowest BCUT2D eigenvalue weighted by Crippen LogP contribution is -2.39. The number of hydrogen-bond donors (Lipinski definition) is 0. The molecule has 0 bridgehead atoms. The summed E-state index contributed by atoms with van der Waals surface area (Å²) in [6, 6.07) is 0. The van der Waals surface area contributed by atoms with Crippen LogP contribution < -0.4 is 0 Å². The Bertz CT molecular complexity index is 426. The molecule has 0 amide bonds. The Morgan fingerprint density at radius 2 is 1.00 bits per heavy atom. The Hall–Kier alpha value is -0.500. The fraction of sp³-hybridized carbons (Fsp3) is 1.00. The molecule has 0 atom stereocenters. The third-order valence-corrected chi connectivity index (χ3v) is 5.20. The minimum atomic E-state index is -4.62. The van der Waals surface area contributed by atoms with E-state index in [-0.39, 0.29) is 6.42 Å². The molecule has 2 nitrogen and oxygen atoms in total. The van der Waals surface area contributed by atoms with Crippen molar-refractivity contribution < 1.29 is 35.8 Å². The van der Waals surface area contributed by atoms with Gasteiger partial charge in [-0.3, -0.25) is 0 Å². The molecule has 182 valence electrons. The van der Waals surface area contributed by atoms with Gasteiger partial charge in [-0.1, -0.05) is 66.2 Å². The largest absolute Gasteiger partial charge is 0.411 e. The van der Waals surface area contributed by atoms with Crippen molar-refractivity contribution in [1.29, 1.82) is 0 Å². The van der Waals surface area contributed by atoms with Gasteiger partial charge in [-0.15, -0.1) is 0 Å². The maximum Gasteiger partial charge on any atom is 0.411 e. The second-order valence-corrected chi connectivity index (χ2v) is 9.66. The van der Waals surface area contributed by atoms with Crippen LogP contribution in [0, 0.1) is 11.3 Å². The minimum absolute atomic E-state index is 0.0140. The van der Waals surface area contributed by atoms with Crippen molar-refractivity contribution in [1.82, 2.24) is 0 Å². The van der Waals surface area contributed by atoms with Crippen LogP contribution in [-0.2, 0) is 9.47 Å². The van der Waals surface area contributed by atoms with E-state index >= 15 is 0 Å². The Balaban J connectivity index is 4.20. The van der Waals surface area contributed by atoms with E-state index in [2.05, 4.69) is 37.2 Å². The summed E-state index contributed by atoms with van der Waals surface area (Å²) >= 11 is 0. The molecule has 0 fully saturated rings. The van der Waals surface area contributed by atoms with Gasteiger partial charge in [-0.05, 0) is 37.5 Å². The lowest BCUT2D eigenvalue weighted by molar-refractivity contribution is -0.305. The number of ether oxygens (including phenoxy) is 2. The van der Waals surface area contributed by atoms with Crippen molar-refractivity contribution in [2.75, 3.05) is 13.2 Å². The summed E-state index contributed by atoms with van der Waals surface area (Å²) in [4.78, 5) is 0. The highest BCUT2D eigenvalue weighted by Crippen LogP contribution is 2.31. The zero-order valence-electron chi connectivity index (χ0n) is 19.1. The number of halogens is 6. The van der Waals surface area contributed by atoms with Crippen LogP contribution in [0.1, 0.15) is 98.8 Å². The topological polar surface area (TPSA) is 18.5 Å². The van der Waals surface area contributed by atoms with Crippen molar-refractivity contribution in [3.63, 3.8) is 0 Å². The summed E-state index contributed by atoms with van der Waals surface area (Å²) < 4.78 is 83.7. The normalized spacial score (nSPS) is 14.0. The molecule has 0 aromatic heterocycles. The van der Waals surface area contributed by atoms with Gasteiger partial charge in [0.25, 0.3) is 0 Å². The SMILES string of the molecule is CC(C)CCCC(C)(C)CCCCCCCC(C)(OCC(F)(F)F)OCC(F)(F)F. The molecule has 0 aliphatic carbocycles. The summed E-state index contributed by atoms with van der Waals surface area (Å²) in [5.41, 5.74) is 0.296. The van der Waals surface area contributed by atoms with Crippen LogP contribution in [0.25, 0.3) is 0 Å². The van der Waals surface area contributed by atoms with E-state index in [4.69, 9.17) is 0 Å². The highest BCUT2D eigenvalue weighted by molar-refractivity contribution is 4.70. The summed E-state index contributed by atoms with van der Waals surface area (Å²) in [6.07, 6.45) is -0.376. The summed E-state index contributed by atoms with van der Waals surface area (Å²) in [5.74, 6) is -1.18. The first-order chi connectivity index (χ1) is 13.5. The number of alkyl halides is 6. The smallest absolute Gasteiger partial charge is 0.341 e. The van der Waals surface area contributed by atoms with Crippen molar-refractivity contribution in [2.45, 2.75) is 117 Å². The molecule has 0 aliphatic heterocycles. The van der Waals surface area contributed by atoms with Crippen molar-refractivity contribution >= 4 is 0 Å². The Kier molecular flexibility index (Phi) is 12.9. The third-order valence-electron chi connectivity index (χ3n) is 5.20. The van der Waals surface area contributed by atoms with E-state index in [1.807, 2.05) is 0 Å². The first-order valence-corrected chi connectivity index (χ1v) is 11.0. The van der Waals surface area contributed by atoms with Gasteiger partial charge in [0, 0.05) is 6.42 Å². The van der Waals surface area contributed by atoms with Gasteiger partial charge in [-0.25, -0.2) is 0 Å². The lowest BCUT2D eigenvalue weighted by atomic mass is 9.81. The van der Waals surface area contributed by atoms with Crippen LogP contribution >= 0.6 is 0 Å². The molecule has 0 unspecified atom stereocenters. The summed E-state index contributed by atoms with van der Waals surface area (Å²) in [5, 5.41) is 0. The summed E-state index contributed by atoms with van der Waals surface area (Å²) in [7, 11) is 0. The predicted molar refractivity (Wildman–Crippen MR) is 107 cm³/mol. The van der Waals surface area contributed by atoms with Crippen LogP contribution in [0.4, 0.5) is 26.3 Å². The van der Waals surface area contributed by atoms with Crippen LogP contribution in [-0.4, -0.2) is 31.4 Å². The number of rotatable bonds is 16. The van der Waals surface area contributed by atoms with Crippen LogP contribution in [0.3, 0.4) is 0 Å². The Labute approximate surface area is 178 Å². The van der Waals surface area contributed by atoms with Crippen LogP contribution in [0.15, 0.2) is 0 Å². The molecular weight excluding hydrogens is 410 g/mol. The minimum Gasteiger partial charge on any atom is -0.341 e.